The third-order valence-electron chi connectivity index (χ3n) is 2.42. The van der Waals surface area contributed by atoms with E-state index in [2.05, 4.69) is 24.1 Å². The predicted octanol–water partition coefficient (Wildman–Crippen LogP) is 3.10. The lowest BCUT2D eigenvalue weighted by Crippen LogP contribution is -2.15. The first-order valence-corrected chi connectivity index (χ1v) is 8.15. The maximum atomic E-state index is 10.5. The van der Waals surface area contributed by atoms with E-state index in [9.17, 15) is 4.79 Å². The van der Waals surface area contributed by atoms with Gasteiger partial charge in [-0.25, -0.2) is 4.98 Å². The van der Waals surface area contributed by atoms with Crippen molar-refractivity contribution < 1.29 is 9.90 Å². The number of carbonyl (C=O) groups is 1. The van der Waals surface area contributed by atoms with Crippen LogP contribution in [0.3, 0.4) is 0 Å². The molecule has 1 aromatic heterocycles. The Morgan fingerprint density at radius 2 is 2.44 bits per heavy atom. The molecule has 18 heavy (non-hydrogen) atoms. The lowest BCUT2D eigenvalue weighted by Gasteiger charge is -2.11. The van der Waals surface area contributed by atoms with Gasteiger partial charge in [-0.15, -0.1) is 11.3 Å². The minimum absolute atomic E-state index is 0.145. The molecule has 0 spiro atoms. The summed E-state index contributed by atoms with van der Waals surface area (Å²) >= 11 is 3.49. The zero-order valence-electron chi connectivity index (χ0n) is 10.8. The summed E-state index contributed by atoms with van der Waals surface area (Å²) in [5.41, 5.74) is 0.861. The Hall–Kier alpha value is -0.750. The largest absolute Gasteiger partial charge is 0.481 e. The third-order valence-corrected chi connectivity index (χ3v) is 4.17. The molecule has 0 aliphatic rings. The van der Waals surface area contributed by atoms with Crippen LogP contribution in [-0.2, 0) is 11.2 Å². The number of aromatic nitrogens is 1. The van der Waals surface area contributed by atoms with Gasteiger partial charge in [-0.1, -0.05) is 6.92 Å². The molecule has 1 heterocycles. The van der Waals surface area contributed by atoms with Gasteiger partial charge < -0.3 is 10.4 Å². The van der Waals surface area contributed by atoms with Crippen LogP contribution >= 0.6 is 23.1 Å². The minimum atomic E-state index is -0.775. The molecular formula is C12H20N2O2S2. The first kappa shape index (κ1) is 15.3. The summed E-state index contributed by atoms with van der Waals surface area (Å²) in [5.74, 6) is 1.54. The summed E-state index contributed by atoms with van der Waals surface area (Å²) < 4.78 is 0. The molecule has 0 bridgehead atoms. The number of nitrogens with zero attached hydrogens (tertiary/aromatic N) is 1. The van der Waals surface area contributed by atoms with Crippen molar-refractivity contribution in [2.45, 2.75) is 39.2 Å². The SMILES string of the molecule is CCSCCC(C)Nc1nc(CCC(=O)O)cs1. The van der Waals surface area contributed by atoms with E-state index in [4.69, 9.17) is 5.11 Å². The zero-order valence-corrected chi connectivity index (χ0v) is 12.4. The number of carboxylic acid groups (broad SMARTS) is 1. The molecule has 0 aliphatic carbocycles. The molecule has 6 heteroatoms. The summed E-state index contributed by atoms with van der Waals surface area (Å²) in [6.07, 6.45) is 1.77. The van der Waals surface area contributed by atoms with Gasteiger partial charge in [-0.05, 0) is 24.9 Å². The zero-order chi connectivity index (χ0) is 13.4. The summed E-state index contributed by atoms with van der Waals surface area (Å²) in [7, 11) is 0. The van der Waals surface area contributed by atoms with Crippen molar-refractivity contribution in [2.75, 3.05) is 16.8 Å². The highest BCUT2D eigenvalue weighted by atomic mass is 32.2. The van der Waals surface area contributed by atoms with E-state index in [1.54, 1.807) is 11.3 Å². The highest BCUT2D eigenvalue weighted by molar-refractivity contribution is 7.99. The van der Waals surface area contributed by atoms with E-state index in [0.29, 0.717) is 12.5 Å². The van der Waals surface area contributed by atoms with Gasteiger partial charge in [0.25, 0.3) is 0 Å². The quantitative estimate of drug-likeness (QED) is 0.684. The molecule has 102 valence electrons. The number of carboxylic acids is 1. The second-order valence-electron chi connectivity index (χ2n) is 4.07. The topological polar surface area (TPSA) is 62.2 Å². The molecule has 0 aliphatic heterocycles. The monoisotopic (exact) mass is 288 g/mol. The molecule has 4 nitrogen and oxygen atoms in total. The van der Waals surface area contributed by atoms with Crippen molar-refractivity contribution in [3.05, 3.63) is 11.1 Å². The fraction of sp³-hybridized carbons (Fsp3) is 0.667. The Labute approximate surface area is 116 Å². The van der Waals surface area contributed by atoms with E-state index in [-0.39, 0.29) is 6.42 Å². The van der Waals surface area contributed by atoms with E-state index >= 15 is 0 Å². The van der Waals surface area contributed by atoms with Crippen LogP contribution in [0.5, 0.6) is 0 Å². The molecule has 2 N–H and O–H groups in total. The molecule has 0 aromatic carbocycles. The normalized spacial score (nSPS) is 12.3. The smallest absolute Gasteiger partial charge is 0.303 e. The van der Waals surface area contributed by atoms with E-state index in [0.717, 1.165) is 28.8 Å². The number of nitrogens with one attached hydrogen (secondary N) is 1. The van der Waals surface area contributed by atoms with Crippen LogP contribution in [0, 0.1) is 0 Å². The molecule has 0 amide bonds. The van der Waals surface area contributed by atoms with Gasteiger partial charge in [0.15, 0.2) is 5.13 Å². The van der Waals surface area contributed by atoms with Crippen molar-refractivity contribution in [3.8, 4) is 0 Å². The van der Waals surface area contributed by atoms with Crippen LogP contribution in [0.2, 0.25) is 0 Å². The molecule has 1 aromatic rings. The molecule has 0 saturated carbocycles. The molecule has 1 unspecified atom stereocenters. The first-order chi connectivity index (χ1) is 8.61. The first-order valence-electron chi connectivity index (χ1n) is 6.12. The van der Waals surface area contributed by atoms with Crippen LogP contribution in [0.1, 0.15) is 32.4 Å². The standard InChI is InChI=1S/C12H20N2O2S2/c1-3-17-7-6-9(2)13-12-14-10(8-18-12)4-5-11(15)16/h8-9H,3-7H2,1-2H3,(H,13,14)(H,15,16). The van der Waals surface area contributed by atoms with Crippen molar-refractivity contribution in [1.29, 1.82) is 0 Å². The van der Waals surface area contributed by atoms with Gasteiger partial charge in [-0.3, -0.25) is 4.79 Å². The molecule has 1 rings (SSSR count). The van der Waals surface area contributed by atoms with Gasteiger partial charge in [0.05, 0.1) is 12.1 Å². The van der Waals surface area contributed by atoms with Gasteiger partial charge in [-0.2, -0.15) is 11.8 Å². The molecule has 0 saturated heterocycles. The number of anilines is 1. The van der Waals surface area contributed by atoms with Gasteiger partial charge in [0.2, 0.25) is 0 Å². The van der Waals surface area contributed by atoms with Crippen molar-refractivity contribution in [2.24, 2.45) is 0 Å². The predicted molar refractivity (Wildman–Crippen MR) is 78.8 cm³/mol. The van der Waals surface area contributed by atoms with Crippen molar-refractivity contribution >= 4 is 34.2 Å². The summed E-state index contributed by atoms with van der Waals surface area (Å²) in [4.78, 5) is 14.8. The Kier molecular flexibility index (Phi) is 7.12. The molecule has 0 fully saturated rings. The Morgan fingerprint density at radius 1 is 1.67 bits per heavy atom. The number of hydrogen-bond acceptors (Lipinski definition) is 5. The number of rotatable bonds is 9. The fourth-order valence-corrected chi connectivity index (χ4v) is 3.08. The number of thioether (sulfide) groups is 1. The van der Waals surface area contributed by atoms with Crippen LogP contribution in [-0.4, -0.2) is 33.6 Å². The summed E-state index contributed by atoms with van der Waals surface area (Å²) in [6, 6.07) is 0.405. The van der Waals surface area contributed by atoms with Crippen LogP contribution < -0.4 is 5.32 Å². The molecular weight excluding hydrogens is 268 g/mol. The third kappa shape index (κ3) is 6.26. The maximum Gasteiger partial charge on any atom is 0.303 e. The maximum absolute atomic E-state index is 10.5. The Balaban J connectivity index is 2.31. The van der Waals surface area contributed by atoms with E-state index in [1.807, 2.05) is 17.1 Å². The summed E-state index contributed by atoms with van der Waals surface area (Å²) in [6.45, 7) is 4.31. The van der Waals surface area contributed by atoms with Gasteiger partial charge >= 0.3 is 5.97 Å². The highest BCUT2D eigenvalue weighted by Crippen LogP contribution is 2.18. The second kappa shape index (κ2) is 8.37. The Morgan fingerprint density at radius 3 is 3.11 bits per heavy atom. The average Bonchev–Trinajstić information content (AvgIpc) is 2.74. The number of aryl methyl sites for hydroxylation is 1. The lowest BCUT2D eigenvalue weighted by atomic mass is 10.2. The van der Waals surface area contributed by atoms with Crippen molar-refractivity contribution in [1.82, 2.24) is 4.98 Å². The van der Waals surface area contributed by atoms with Gasteiger partial charge in [0.1, 0.15) is 0 Å². The van der Waals surface area contributed by atoms with E-state index in [1.165, 1.54) is 0 Å². The number of thiazole rings is 1. The number of hydrogen-bond donors (Lipinski definition) is 2. The van der Waals surface area contributed by atoms with E-state index < -0.39 is 5.97 Å². The number of aliphatic carboxylic acids is 1. The van der Waals surface area contributed by atoms with Crippen LogP contribution in [0.25, 0.3) is 0 Å². The second-order valence-corrected chi connectivity index (χ2v) is 6.32. The van der Waals surface area contributed by atoms with Crippen LogP contribution in [0.4, 0.5) is 5.13 Å². The fourth-order valence-electron chi connectivity index (χ4n) is 1.41. The molecule has 1 atom stereocenters. The minimum Gasteiger partial charge on any atom is -0.481 e. The van der Waals surface area contributed by atoms with Gasteiger partial charge in [0, 0.05) is 17.8 Å². The Bertz CT molecular complexity index is 369. The highest BCUT2D eigenvalue weighted by Gasteiger charge is 2.07. The van der Waals surface area contributed by atoms with Crippen LogP contribution in [0.15, 0.2) is 5.38 Å². The lowest BCUT2D eigenvalue weighted by molar-refractivity contribution is -0.136. The average molecular weight is 288 g/mol. The van der Waals surface area contributed by atoms with Crippen molar-refractivity contribution in [3.63, 3.8) is 0 Å². The molecule has 0 radical (unpaired) electrons. The summed E-state index contributed by atoms with van der Waals surface area (Å²) in [5, 5.41) is 14.8.